The lowest BCUT2D eigenvalue weighted by atomic mass is 10.2. The summed E-state index contributed by atoms with van der Waals surface area (Å²) in [4.78, 5) is 0. The number of hydrogen-bond donors (Lipinski definition) is 0. The largest absolute Gasteiger partial charge is 0.286 e. The molecule has 0 aliphatic carbocycles. The summed E-state index contributed by atoms with van der Waals surface area (Å²) in [6.07, 6.45) is 1.63. The van der Waals surface area contributed by atoms with Crippen molar-refractivity contribution in [1.29, 1.82) is 5.26 Å². The van der Waals surface area contributed by atoms with Crippen molar-refractivity contribution in [3.8, 4) is 6.07 Å². The predicted octanol–water partition coefficient (Wildman–Crippen LogP) is 0.909. The van der Waals surface area contributed by atoms with Crippen LogP contribution in [-0.2, 0) is 0 Å². The molecule has 0 aliphatic rings. The zero-order chi connectivity index (χ0) is 8.55. The van der Waals surface area contributed by atoms with Gasteiger partial charge < -0.3 is 0 Å². The number of hydrogen-bond acceptors (Lipinski definition) is 3. The maximum absolute atomic E-state index is 8.65. The van der Waals surface area contributed by atoms with Crippen LogP contribution in [0.3, 0.4) is 0 Å². The van der Waals surface area contributed by atoms with Crippen LogP contribution in [0.4, 0.5) is 0 Å². The SMILES string of the molecule is Cc1cc(C#N)cc2nncn12. The summed E-state index contributed by atoms with van der Waals surface area (Å²) >= 11 is 0. The van der Waals surface area contributed by atoms with E-state index in [4.69, 9.17) is 5.26 Å². The molecular weight excluding hydrogens is 152 g/mol. The maximum Gasteiger partial charge on any atom is 0.162 e. The van der Waals surface area contributed by atoms with Gasteiger partial charge in [0.2, 0.25) is 0 Å². The van der Waals surface area contributed by atoms with Gasteiger partial charge in [-0.05, 0) is 13.0 Å². The van der Waals surface area contributed by atoms with Crippen molar-refractivity contribution in [1.82, 2.24) is 14.6 Å². The molecule has 0 N–H and O–H groups in total. The van der Waals surface area contributed by atoms with Crippen molar-refractivity contribution >= 4 is 5.65 Å². The van der Waals surface area contributed by atoms with Gasteiger partial charge in [0.25, 0.3) is 0 Å². The number of pyridine rings is 1. The number of fused-ring (bicyclic) bond motifs is 1. The average molecular weight is 158 g/mol. The van der Waals surface area contributed by atoms with Crippen molar-refractivity contribution in [3.63, 3.8) is 0 Å². The molecule has 0 aromatic carbocycles. The van der Waals surface area contributed by atoms with Gasteiger partial charge in [-0.2, -0.15) is 5.26 Å². The molecule has 12 heavy (non-hydrogen) atoms. The molecule has 0 saturated heterocycles. The van der Waals surface area contributed by atoms with E-state index in [9.17, 15) is 0 Å². The Balaban J connectivity index is 2.86. The minimum absolute atomic E-state index is 0.619. The fourth-order valence-corrected chi connectivity index (χ4v) is 1.15. The summed E-state index contributed by atoms with van der Waals surface area (Å²) in [5.74, 6) is 0. The molecule has 0 fully saturated rings. The highest BCUT2D eigenvalue weighted by Crippen LogP contribution is 2.07. The van der Waals surface area contributed by atoms with E-state index in [1.807, 2.05) is 11.3 Å². The molecule has 4 nitrogen and oxygen atoms in total. The lowest BCUT2D eigenvalue weighted by molar-refractivity contribution is 1.06. The number of nitriles is 1. The highest BCUT2D eigenvalue weighted by atomic mass is 15.2. The molecular formula is C8H6N4. The summed E-state index contributed by atoms with van der Waals surface area (Å²) in [5.41, 5.74) is 2.30. The molecule has 4 heteroatoms. The van der Waals surface area contributed by atoms with E-state index in [1.54, 1.807) is 18.5 Å². The monoisotopic (exact) mass is 158 g/mol. The summed E-state index contributed by atoms with van der Waals surface area (Å²) in [6.45, 7) is 1.91. The molecule has 2 heterocycles. The van der Waals surface area contributed by atoms with Crippen LogP contribution in [0.25, 0.3) is 5.65 Å². The van der Waals surface area contributed by atoms with E-state index >= 15 is 0 Å². The number of rotatable bonds is 0. The summed E-state index contributed by atoms with van der Waals surface area (Å²) in [6, 6.07) is 5.58. The molecule has 2 rings (SSSR count). The predicted molar refractivity (Wildman–Crippen MR) is 42.4 cm³/mol. The molecule has 2 aromatic rings. The average Bonchev–Trinajstić information content (AvgIpc) is 2.52. The zero-order valence-corrected chi connectivity index (χ0v) is 6.52. The van der Waals surface area contributed by atoms with Crippen LogP contribution >= 0.6 is 0 Å². The quantitative estimate of drug-likeness (QED) is 0.572. The van der Waals surface area contributed by atoms with Crippen molar-refractivity contribution in [2.24, 2.45) is 0 Å². The van der Waals surface area contributed by atoms with E-state index < -0.39 is 0 Å². The fourth-order valence-electron chi connectivity index (χ4n) is 1.15. The van der Waals surface area contributed by atoms with Gasteiger partial charge in [0.1, 0.15) is 6.33 Å². The van der Waals surface area contributed by atoms with E-state index in [2.05, 4.69) is 16.3 Å². The second-order valence-corrected chi connectivity index (χ2v) is 2.56. The Hall–Kier alpha value is -1.89. The normalized spacial score (nSPS) is 10.0. The van der Waals surface area contributed by atoms with Crippen LogP contribution in [0.1, 0.15) is 11.3 Å². The Morgan fingerprint density at radius 2 is 2.33 bits per heavy atom. The summed E-state index contributed by atoms with van der Waals surface area (Å²) in [7, 11) is 0. The molecule has 0 atom stereocenters. The molecule has 0 amide bonds. The molecule has 2 aromatic heterocycles. The second-order valence-electron chi connectivity index (χ2n) is 2.56. The van der Waals surface area contributed by atoms with Gasteiger partial charge in [0, 0.05) is 11.8 Å². The van der Waals surface area contributed by atoms with Crippen LogP contribution in [0.2, 0.25) is 0 Å². The van der Waals surface area contributed by atoms with E-state index in [0.29, 0.717) is 11.2 Å². The van der Waals surface area contributed by atoms with E-state index in [-0.39, 0.29) is 0 Å². The Morgan fingerprint density at radius 1 is 1.50 bits per heavy atom. The first-order valence-electron chi connectivity index (χ1n) is 3.52. The van der Waals surface area contributed by atoms with Crippen LogP contribution in [0.15, 0.2) is 18.5 Å². The fraction of sp³-hybridized carbons (Fsp3) is 0.125. The lowest BCUT2D eigenvalue weighted by Crippen LogP contribution is -1.90. The van der Waals surface area contributed by atoms with Gasteiger partial charge >= 0.3 is 0 Å². The first-order valence-corrected chi connectivity index (χ1v) is 3.52. The zero-order valence-electron chi connectivity index (χ0n) is 6.52. The highest BCUT2D eigenvalue weighted by molar-refractivity contribution is 5.46. The number of nitrogens with zero attached hydrogens (tertiary/aromatic N) is 4. The van der Waals surface area contributed by atoms with Crippen LogP contribution in [0.5, 0.6) is 0 Å². The minimum Gasteiger partial charge on any atom is -0.286 e. The van der Waals surface area contributed by atoms with E-state index in [1.165, 1.54) is 0 Å². The van der Waals surface area contributed by atoms with Gasteiger partial charge in [0.15, 0.2) is 5.65 Å². The lowest BCUT2D eigenvalue weighted by Gasteiger charge is -1.97. The minimum atomic E-state index is 0.619. The first-order chi connectivity index (χ1) is 5.81. The van der Waals surface area contributed by atoms with Crippen LogP contribution in [0, 0.1) is 18.3 Å². The van der Waals surface area contributed by atoms with Crippen molar-refractivity contribution in [2.75, 3.05) is 0 Å². The van der Waals surface area contributed by atoms with Gasteiger partial charge in [0.05, 0.1) is 11.6 Å². The third-order valence-electron chi connectivity index (χ3n) is 1.73. The third-order valence-corrected chi connectivity index (χ3v) is 1.73. The van der Waals surface area contributed by atoms with Crippen molar-refractivity contribution in [2.45, 2.75) is 6.92 Å². The smallest absolute Gasteiger partial charge is 0.162 e. The second kappa shape index (κ2) is 2.31. The molecule has 58 valence electrons. The van der Waals surface area contributed by atoms with Gasteiger partial charge in [-0.15, -0.1) is 10.2 Å². The molecule has 0 radical (unpaired) electrons. The standard InChI is InChI=1S/C8H6N4/c1-6-2-7(4-9)3-8-11-10-5-12(6)8/h2-3,5H,1H3. The van der Waals surface area contributed by atoms with Gasteiger partial charge in [-0.3, -0.25) is 4.40 Å². The summed E-state index contributed by atoms with van der Waals surface area (Å²) < 4.78 is 1.83. The number of aryl methyl sites for hydroxylation is 1. The molecule has 0 aliphatic heterocycles. The maximum atomic E-state index is 8.65. The Labute approximate surface area is 69.1 Å². The van der Waals surface area contributed by atoms with Gasteiger partial charge in [-0.1, -0.05) is 0 Å². The molecule has 0 saturated carbocycles. The Bertz CT molecular complexity index is 463. The highest BCUT2D eigenvalue weighted by Gasteiger charge is 2.00. The molecule has 0 bridgehead atoms. The Morgan fingerprint density at radius 3 is 3.08 bits per heavy atom. The third kappa shape index (κ3) is 0.839. The molecule has 0 unspecified atom stereocenters. The Kier molecular flexibility index (Phi) is 1.31. The first kappa shape index (κ1) is 6.80. The van der Waals surface area contributed by atoms with Crippen molar-refractivity contribution < 1.29 is 0 Å². The van der Waals surface area contributed by atoms with Crippen molar-refractivity contribution in [3.05, 3.63) is 29.7 Å². The topological polar surface area (TPSA) is 54.0 Å². The summed E-state index contributed by atoms with van der Waals surface area (Å²) in [5, 5.41) is 16.2. The number of aromatic nitrogens is 3. The molecule has 0 spiro atoms. The van der Waals surface area contributed by atoms with Gasteiger partial charge in [-0.25, -0.2) is 0 Å². The van der Waals surface area contributed by atoms with E-state index in [0.717, 1.165) is 5.69 Å². The van der Waals surface area contributed by atoms with Crippen LogP contribution < -0.4 is 0 Å². The van der Waals surface area contributed by atoms with Crippen LogP contribution in [-0.4, -0.2) is 14.6 Å².